The van der Waals surface area contributed by atoms with Crippen LogP contribution < -0.4 is 0 Å². The van der Waals surface area contributed by atoms with Crippen LogP contribution in [0.2, 0.25) is 0 Å². The molecule has 11 rings (SSSR count). The van der Waals surface area contributed by atoms with E-state index in [4.69, 9.17) is 39.9 Å². The van der Waals surface area contributed by atoms with E-state index in [0.29, 0.717) is 0 Å². The molecule has 3 aromatic carbocycles. The minimum atomic E-state index is 0.832. The van der Waals surface area contributed by atoms with E-state index in [1.165, 1.54) is 0 Å². The maximum atomic E-state index is 5.02. The van der Waals surface area contributed by atoms with Crippen molar-refractivity contribution in [2.75, 3.05) is 0 Å². The molecule has 8 aromatic heterocycles. The van der Waals surface area contributed by atoms with Crippen molar-refractivity contribution in [1.82, 2.24) is 39.9 Å². The first kappa shape index (κ1) is 19.3. The Kier molecular flexibility index (Phi) is 3.03. The largest absolute Gasteiger partial charge is 0.254 e. The molecule has 11 aromatic rings. The van der Waals surface area contributed by atoms with Gasteiger partial charge < -0.3 is 0 Å². The third kappa shape index (κ3) is 1.97. The summed E-state index contributed by atoms with van der Waals surface area (Å²) in [5.41, 5.74) is 6.69. The van der Waals surface area contributed by atoms with Crippen LogP contribution in [0, 0.1) is 0 Å². The lowest BCUT2D eigenvalue weighted by Crippen LogP contribution is -1.99. The topological polar surface area (TPSA) is 103 Å². The molecule has 0 N–H and O–H groups in total. The van der Waals surface area contributed by atoms with Crippen molar-refractivity contribution in [3.05, 3.63) is 73.8 Å². The van der Waals surface area contributed by atoms with Crippen LogP contribution in [0.5, 0.6) is 0 Å². The van der Waals surface area contributed by atoms with Crippen LogP contribution >= 0.6 is 0 Å². The van der Waals surface area contributed by atoms with Gasteiger partial charge in [-0.25, -0.2) is 0 Å². The lowest BCUT2D eigenvalue weighted by molar-refractivity contribution is 1.35. The summed E-state index contributed by atoms with van der Waals surface area (Å²) in [5, 5.41) is 12.3. The monoisotopic (exact) mass is 508 g/mol. The first-order valence-electron chi connectivity index (χ1n) is 13.0. The molecule has 0 aliphatic rings. The maximum Gasteiger partial charge on any atom is 0.0994 e. The summed E-state index contributed by atoms with van der Waals surface area (Å²) in [6.07, 6.45) is 15.2. The van der Waals surface area contributed by atoms with Gasteiger partial charge >= 0.3 is 0 Å². The van der Waals surface area contributed by atoms with Crippen molar-refractivity contribution in [3.8, 4) is 0 Å². The molecule has 180 valence electrons. The third-order valence-electron chi connectivity index (χ3n) is 8.65. The smallest absolute Gasteiger partial charge is 0.0994 e. The first-order chi connectivity index (χ1) is 19.9. The van der Waals surface area contributed by atoms with Gasteiger partial charge in [0.05, 0.1) is 44.1 Å². The van der Waals surface area contributed by atoms with E-state index in [1.54, 1.807) is 0 Å². The third-order valence-corrected chi connectivity index (χ3v) is 8.65. The molecule has 0 aliphatic carbocycles. The van der Waals surface area contributed by atoms with Gasteiger partial charge in [-0.3, -0.25) is 39.9 Å². The Morgan fingerprint density at radius 2 is 0.550 bits per heavy atom. The van der Waals surface area contributed by atoms with Gasteiger partial charge in [-0.05, 0) is 35.0 Å². The number of benzene rings is 3. The molecule has 40 heavy (non-hydrogen) atoms. The molecule has 0 fully saturated rings. The van der Waals surface area contributed by atoms with Crippen LogP contribution in [-0.2, 0) is 0 Å². The van der Waals surface area contributed by atoms with Crippen LogP contribution in [-0.4, -0.2) is 39.9 Å². The molecular weight excluding hydrogens is 496 g/mol. The molecule has 0 radical (unpaired) electrons. The van der Waals surface area contributed by atoms with Crippen LogP contribution in [0.4, 0.5) is 0 Å². The van der Waals surface area contributed by atoms with E-state index in [-0.39, 0.29) is 0 Å². The van der Waals surface area contributed by atoms with Crippen LogP contribution in [0.1, 0.15) is 0 Å². The Morgan fingerprint density at radius 3 is 0.850 bits per heavy atom. The van der Waals surface area contributed by atoms with E-state index in [0.717, 1.165) is 109 Å². The summed E-state index contributed by atoms with van der Waals surface area (Å²) in [6.45, 7) is 0. The highest BCUT2D eigenvalue weighted by Crippen LogP contribution is 2.47. The van der Waals surface area contributed by atoms with Crippen LogP contribution in [0.3, 0.4) is 0 Å². The molecule has 0 spiro atoms. The average molecular weight is 509 g/mol. The zero-order chi connectivity index (χ0) is 25.7. The number of pyridine rings is 8. The molecule has 8 heterocycles. The van der Waals surface area contributed by atoms with Gasteiger partial charge in [0.15, 0.2) is 0 Å². The summed E-state index contributed by atoms with van der Waals surface area (Å²) in [7, 11) is 0. The number of fused-ring (bicyclic) bond motifs is 6. The van der Waals surface area contributed by atoms with Gasteiger partial charge in [0.1, 0.15) is 0 Å². The van der Waals surface area contributed by atoms with Gasteiger partial charge in [0, 0.05) is 103 Å². The van der Waals surface area contributed by atoms with Gasteiger partial charge in [-0.15, -0.1) is 0 Å². The number of hydrogen-bond donors (Lipinski definition) is 0. The predicted molar refractivity (Wildman–Crippen MR) is 157 cm³/mol. The Bertz CT molecular complexity index is 2500. The average Bonchev–Trinajstić information content (AvgIpc) is 3.01. The molecular formula is C32H12N8. The molecule has 0 aliphatic heterocycles. The van der Waals surface area contributed by atoms with Gasteiger partial charge in [-0.1, -0.05) is 0 Å². The highest BCUT2D eigenvalue weighted by atomic mass is 14.8. The molecule has 0 saturated carbocycles. The van der Waals surface area contributed by atoms with Crippen molar-refractivity contribution < 1.29 is 0 Å². The molecule has 0 unspecified atom stereocenters. The van der Waals surface area contributed by atoms with Gasteiger partial charge in [0.25, 0.3) is 0 Å². The van der Waals surface area contributed by atoms with Gasteiger partial charge in [-0.2, -0.15) is 0 Å². The molecule has 0 amide bonds. The van der Waals surface area contributed by atoms with E-state index in [2.05, 4.69) is 0 Å². The molecule has 8 nitrogen and oxygen atoms in total. The normalized spacial score (nSPS) is 13.0. The second kappa shape index (κ2) is 6.27. The lowest BCUT2D eigenvalue weighted by Gasteiger charge is -2.18. The Hall–Kier alpha value is -5.76. The molecule has 8 heteroatoms. The fourth-order valence-electron chi connectivity index (χ4n) is 7.05. The van der Waals surface area contributed by atoms with Crippen LogP contribution in [0.15, 0.2) is 73.8 Å². The number of hydrogen-bond acceptors (Lipinski definition) is 8. The highest BCUT2D eigenvalue weighted by molar-refractivity contribution is 6.43. The second-order valence-corrected chi connectivity index (χ2v) is 10.4. The number of rotatable bonds is 0. The van der Waals surface area contributed by atoms with Crippen molar-refractivity contribution in [2.45, 2.75) is 0 Å². The van der Waals surface area contributed by atoms with E-state index < -0.39 is 0 Å². The van der Waals surface area contributed by atoms with Crippen molar-refractivity contribution in [3.63, 3.8) is 0 Å². The van der Waals surface area contributed by atoms with E-state index in [9.17, 15) is 0 Å². The standard InChI is InChI=1S/C32H12N8/c1-5-33-25-19-13(1)2-6-34-26(19)30-23-21-15(9-37-29(23)25)17-11-39-31-24-22(17)18(16(21)10-38-30)12-40-32(24)28-20-14(4-8-36-28)3-7-35-27(20)31/h1-12H. The molecule has 0 saturated heterocycles. The molecule has 0 bridgehead atoms. The first-order valence-corrected chi connectivity index (χ1v) is 13.0. The fourth-order valence-corrected chi connectivity index (χ4v) is 7.05. The van der Waals surface area contributed by atoms with Gasteiger partial charge in [0.2, 0.25) is 0 Å². The lowest BCUT2D eigenvalue weighted by atomic mass is 9.90. The van der Waals surface area contributed by atoms with Crippen molar-refractivity contribution in [1.29, 1.82) is 0 Å². The number of aromatic nitrogens is 8. The SMILES string of the molecule is c1cc2ccnc3c4ncc5c6cnc7c8nccc9ccnc(c%10ncc(c%11cnc(c(n1)c23)c4c%115)c6c%107)c98. The summed E-state index contributed by atoms with van der Waals surface area (Å²) in [4.78, 5) is 39.1. The van der Waals surface area contributed by atoms with Crippen LogP contribution in [0.25, 0.3) is 109 Å². The minimum absolute atomic E-state index is 0.832. The highest BCUT2D eigenvalue weighted by Gasteiger charge is 2.24. The quantitative estimate of drug-likeness (QED) is 0.165. The van der Waals surface area contributed by atoms with Crippen molar-refractivity contribution >= 4 is 109 Å². The summed E-state index contributed by atoms with van der Waals surface area (Å²) < 4.78 is 0. The minimum Gasteiger partial charge on any atom is -0.254 e. The molecule has 0 atom stereocenters. The Balaban J connectivity index is 1.45. The summed E-state index contributed by atoms with van der Waals surface area (Å²) in [6, 6.07) is 8.03. The zero-order valence-electron chi connectivity index (χ0n) is 20.5. The summed E-state index contributed by atoms with van der Waals surface area (Å²) in [5.74, 6) is 0. The summed E-state index contributed by atoms with van der Waals surface area (Å²) >= 11 is 0. The van der Waals surface area contributed by atoms with Crippen molar-refractivity contribution in [2.24, 2.45) is 0 Å². The Morgan fingerprint density at radius 1 is 0.275 bits per heavy atom. The Labute approximate surface area is 222 Å². The van der Waals surface area contributed by atoms with E-state index in [1.807, 2.05) is 73.8 Å². The predicted octanol–water partition coefficient (Wildman–Crippen LogP) is 6.69. The van der Waals surface area contributed by atoms with E-state index >= 15 is 0 Å². The second-order valence-electron chi connectivity index (χ2n) is 10.4. The number of nitrogens with zero attached hydrogens (tertiary/aromatic N) is 8. The zero-order valence-corrected chi connectivity index (χ0v) is 20.5. The fraction of sp³-hybridized carbons (Fsp3) is 0. The maximum absolute atomic E-state index is 5.02.